The number of amides is 1. The van der Waals surface area contributed by atoms with Crippen molar-refractivity contribution in [2.45, 2.75) is 0 Å². The molecule has 0 spiro atoms. The van der Waals surface area contributed by atoms with E-state index in [1.54, 1.807) is 18.3 Å². The summed E-state index contributed by atoms with van der Waals surface area (Å²) in [5.41, 5.74) is 1.27. The van der Waals surface area contributed by atoms with E-state index in [1.165, 1.54) is 6.20 Å². The summed E-state index contributed by atoms with van der Waals surface area (Å²) in [5, 5.41) is 3.66. The first-order chi connectivity index (χ1) is 9.74. The van der Waals surface area contributed by atoms with Crippen molar-refractivity contribution in [3.8, 4) is 0 Å². The quantitative estimate of drug-likeness (QED) is 0.735. The number of hydrogen-bond donors (Lipinski definition) is 1. The molecule has 1 aromatic carbocycles. The third kappa shape index (κ3) is 2.44. The molecular formula is C14H9ClN4O. The lowest BCUT2D eigenvalue weighted by atomic mass is 10.1. The Bertz CT molecular complexity index is 785. The second kappa shape index (κ2) is 5.22. The fraction of sp³-hybridized carbons (Fsp3) is 0. The van der Waals surface area contributed by atoms with Gasteiger partial charge in [-0.25, -0.2) is 9.97 Å². The Hall–Kier alpha value is -2.53. The van der Waals surface area contributed by atoms with E-state index >= 15 is 0 Å². The summed E-state index contributed by atoms with van der Waals surface area (Å²) < 4.78 is 0. The van der Waals surface area contributed by atoms with Gasteiger partial charge in [-0.15, -0.1) is 0 Å². The van der Waals surface area contributed by atoms with Crippen LogP contribution in [-0.2, 0) is 0 Å². The van der Waals surface area contributed by atoms with Gasteiger partial charge in [0.05, 0.1) is 11.1 Å². The van der Waals surface area contributed by atoms with Crippen LogP contribution in [0.1, 0.15) is 10.4 Å². The van der Waals surface area contributed by atoms with Crippen molar-refractivity contribution < 1.29 is 4.79 Å². The molecular weight excluding hydrogens is 276 g/mol. The van der Waals surface area contributed by atoms with Crippen molar-refractivity contribution >= 4 is 34.4 Å². The number of fused-ring (bicyclic) bond motifs is 1. The van der Waals surface area contributed by atoms with Gasteiger partial charge in [-0.3, -0.25) is 15.1 Å². The number of benzene rings is 1. The molecule has 3 rings (SSSR count). The number of para-hydroxylation sites is 1. The zero-order chi connectivity index (χ0) is 13.9. The average Bonchev–Trinajstić information content (AvgIpc) is 2.46. The van der Waals surface area contributed by atoms with E-state index in [-0.39, 0.29) is 17.0 Å². The molecule has 20 heavy (non-hydrogen) atoms. The Morgan fingerprint density at radius 2 is 1.85 bits per heavy atom. The van der Waals surface area contributed by atoms with Crippen molar-refractivity contribution in [3.63, 3.8) is 0 Å². The van der Waals surface area contributed by atoms with Crippen LogP contribution in [0.2, 0.25) is 5.15 Å². The van der Waals surface area contributed by atoms with Crippen molar-refractivity contribution in [1.29, 1.82) is 0 Å². The molecule has 1 N–H and O–H groups in total. The highest BCUT2D eigenvalue weighted by Crippen LogP contribution is 2.17. The maximum atomic E-state index is 12.3. The van der Waals surface area contributed by atoms with Crippen LogP contribution in [0.25, 0.3) is 10.9 Å². The first-order valence-electron chi connectivity index (χ1n) is 5.88. The summed E-state index contributed by atoms with van der Waals surface area (Å²) in [4.78, 5) is 24.4. The largest absolute Gasteiger partial charge is 0.290 e. The zero-order valence-corrected chi connectivity index (χ0v) is 11.0. The molecule has 0 aliphatic rings. The van der Waals surface area contributed by atoms with Crippen molar-refractivity contribution in [2.24, 2.45) is 0 Å². The molecule has 0 aliphatic carbocycles. The van der Waals surface area contributed by atoms with Crippen LogP contribution >= 0.6 is 11.6 Å². The van der Waals surface area contributed by atoms with Gasteiger partial charge in [-0.1, -0.05) is 29.8 Å². The average molecular weight is 285 g/mol. The first kappa shape index (κ1) is 12.5. The number of pyridine rings is 1. The predicted octanol–water partition coefficient (Wildman–Crippen LogP) is 2.93. The molecule has 3 aromatic rings. The van der Waals surface area contributed by atoms with E-state index in [0.717, 1.165) is 10.9 Å². The Kier molecular flexibility index (Phi) is 3.26. The van der Waals surface area contributed by atoms with Crippen LogP contribution in [0.3, 0.4) is 0 Å². The Morgan fingerprint density at radius 1 is 1.05 bits per heavy atom. The highest BCUT2D eigenvalue weighted by molar-refractivity contribution is 6.29. The summed E-state index contributed by atoms with van der Waals surface area (Å²) >= 11 is 5.76. The number of anilines is 1. The second-order valence-corrected chi connectivity index (χ2v) is 4.42. The van der Waals surface area contributed by atoms with E-state index in [1.807, 2.05) is 24.3 Å². The van der Waals surface area contributed by atoms with Gasteiger partial charge < -0.3 is 0 Å². The zero-order valence-electron chi connectivity index (χ0n) is 10.2. The molecule has 2 heterocycles. The molecule has 0 radical (unpaired) electrons. The van der Waals surface area contributed by atoms with E-state index < -0.39 is 0 Å². The molecule has 0 aliphatic heterocycles. The number of aromatic nitrogens is 3. The summed E-state index contributed by atoms with van der Waals surface area (Å²) in [5.74, 6) is -0.130. The summed E-state index contributed by atoms with van der Waals surface area (Å²) in [6.07, 6.45) is 3.08. The van der Waals surface area contributed by atoms with E-state index in [4.69, 9.17) is 11.6 Å². The molecule has 0 unspecified atom stereocenters. The van der Waals surface area contributed by atoms with Crippen LogP contribution in [0.15, 0.2) is 48.8 Å². The minimum absolute atomic E-state index is 0.170. The third-order valence-corrected chi connectivity index (χ3v) is 2.95. The monoisotopic (exact) mass is 284 g/mol. The standard InChI is InChI=1S/C14H9ClN4O/c15-12-6-8-17-14(18-12)19-13(20)10-5-7-16-11-4-2-1-3-9(10)11/h1-8H,(H,17,18,19,20). The molecule has 0 bridgehead atoms. The van der Waals surface area contributed by atoms with E-state index in [9.17, 15) is 4.79 Å². The number of nitrogens with one attached hydrogen (secondary N) is 1. The minimum Gasteiger partial charge on any atom is -0.290 e. The normalized spacial score (nSPS) is 10.4. The van der Waals surface area contributed by atoms with Crippen LogP contribution in [0, 0.1) is 0 Å². The van der Waals surface area contributed by atoms with Crippen molar-refractivity contribution in [3.05, 3.63) is 59.5 Å². The predicted molar refractivity (Wildman–Crippen MR) is 76.7 cm³/mol. The highest BCUT2D eigenvalue weighted by atomic mass is 35.5. The Labute approximate surface area is 119 Å². The van der Waals surface area contributed by atoms with Crippen molar-refractivity contribution in [1.82, 2.24) is 15.0 Å². The number of carbonyl (C=O) groups is 1. The summed E-state index contributed by atoms with van der Waals surface area (Å²) in [7, 11) is 0. The van der Waals surface area contributed by atoms with Crippen molar-refractivity contribution in [2.75, 3.05) is 5.32 Å². The molecule has 1 amide bonds. The lowest BCUT2D eigenvalue weighted by Gasteiger charge is -2.06. The maximum Gasteiger partial charge on any atom is 0.258 e. The highest BCUT2D eigenvalue weighted by Gasteiger charge is 2.11. The SMILES string of the molecule is O=C(Nc1nccc(Cl)n1)c1ccnc2ccccc12. The Balaban J connectivity index is 1.97. The molecule has 2 aromatic heterocycles. The number of nitrogens with zero attached hydrogens (tertiary/aromatic N) is 3. The molecule has 0 atom stereocenters. The maximum absolute atomic E-state index is 12.3. The van der Waals surface area contributed by atoms with Gasteiger partial charge in [0.1, 0.15) is 5.15 Å². The molecule has 0 fully saturated rings. The summed E-state index contributed by atoms with van der Waals surface area (Å²) in [6.45, 7) is 0. The van der Waals surface area contributed by atoms with E-state index in [2.05, 4.69) is 20.3 Å². The van der Waals surface area contributed by atoms with Gasteiger partial charge in [-0.2, -0.15) is 0 Å². The molecule has 6 heteroatoms. The summed E-state index contributed by atoms with van der Waals surface area (Å²) in [6, 6.07) is 10.6. The second-order valence-electron chi connectivity index (χ2n) is 4.03. The number of carbonyl (C=O) groups excluding carboxylic acids is 1. The number of rotatable bonds is 2. The molecule has 0 saturated carbocycles. The fourth-order valence-electron chi connectivity index (χ4n) is 1.86. The van der Waals surface area contributed by atoms with Gasteiger partial charge in [0.15, 0.2) is 0 Å². The van der Waals surface area contributed by atoms with Crippen LogP contribution in [0.4, 0.5) is 5.95 Å². The topological polar surface area (TPSA) is 67.8 Å². The molecule has 5 nitrogen and oxygen atoms in total. The van der Waals surface area contributed by atoms with Gasteiger partial charge in [-0.05, 0) is 18.2 Å². The van der Waals surface area contributed by atoms with Gasteiger partial charge in [0.2, 0.25) is 5.95 Å². The van der Waals surface area contributed by atoms with Gasteiger partial charge >= 0.3 is 0 Å². The molecule has 0 saturated heterocycles. The minimum atomic E-state index is -0.300. The molecule has 98 valence electrons. The fourth-order valence-corrected chi connectivity index (χ4v) is 2.00. The first-order valence-corrected chi connectivity index (χ1v) is 6.25. The third-order valence-electron chi connectivity index (χ3n) is 2.74. The van der Waals surface area contributed by atoms with Gasteiger partial charge in [0, 0.05) is 17.8 Å². The van der Waals surface area contributed by atoms with Crippen LogP contribution < -0.4 is 5.32 Å². The lowest BCUT2D eigenvalue weighted by molar-refractivity contribution is 0.102. The number of halogens is 1. The van der Waals surface area contributed by atoms with Crippen LogP contribution in [0.5, 0.6) is 0 Å². The smallest absolute Gasteiger partial charge is 0.258 e. The van der Waals surface area contributed by atoms with Gasteiger partial charge in [0.25, 0.3) is 5.91 Å². The Morgan fingerprint density at radius 3 is 2.70 bits per heavy atom. The number of hydrogen-bond acceptors (Lipinski definition) is 4. The van der Waals surface area contributed by atoms with E-state index in [0.29, 0.717) is 5.56 Å². The van der Waals surface area contributed by atoms with Crippen LogP contribution in [-0.4, -0.2) is 20.9 Å². The lowest BCUT2D eigenvalue weighted by Crippen LogP contribution is -2.14.